The second-order valence-electron chi connectivity index (χ2n) is 3.00. The van der Waals surface area contributed by atoms with Crippen LogP contribution < -0.4 is 0 Å². The van der Waals surface area contributed by atoms with E-state index in [1.54, 1.807) is 6.20 Å². The summed E-state index contributed by atoms with van der Waals surface area (Å²) < 4.78 is 0.864. The van der Waals surface area contributed by atoms with Crippen LogP contribution in [0.15, 0.2) is 39.2 Å². The van der Waals surface area contributed by atoms with Crippen LogP contribution in [0.25, 0.3) is 0 Å². The van der Waals surface area contributed by atoms with Gasteiger partial charge in [-0.1, -0.05) is 11.6 Å². The molecule has 0 bridgehead atoms. The van der Waals surface area contributed by atoms with Crippen LogP contribution in [0.5, 0.6) is 0 Å². The van der Waals surface area contributed by atoms with Gasteiger partial charge in [0, 0.05) is 11.8 Å². The van der Waals surface area contributed by atoms with Gasteiger partial charge in [0.2, 0.25) is 0 Å². The lowest BCUT2D eigenvalue weighted by molar-refractivity contribution is 0.277. The number of pyridine rings is 1. The lowest BCUT2D eigenvalue weighted by Crippen LogP contribution is -1.95. The van der Waals surface area contributed by atoms with E-state index in [1.807, 2.05) is 12.1 Å². The van der Waals surface area contributed by atoms with Gasteiger partial charge in [-0.15, -0.1) is 0 Å². The van der Waals surface area contributed by atoms with Gasteiger partial charge < -0.3 is 5.11 Å². The predicted molar refractivity (Wildman–Crippen MR) is 69.0 cm³/mol. The highest BCUT2D eigenvalue weighted by atomic mass is 79.9. The number of aromatic nitrogens is 3. The fourth-order valence-electron chi connectivity index (χ4n) is 1.13. The molecule has 0 aromatic carbocycles. The number of aliphatic hydroxyl groups is 1. The van der Waals surface area contributed by atoms with Gasteiger partial charge in [-0.2, -0.15) is 0 Å². The van der Waals surface area contributed by atoms with Crippen LogP contribution in [0.4, 0.5) is 0 Å². The highest BCUT2D eigenvalue weighted by molar-refractivity contribution is 9.10. The molecule has 2 heterocycles. The molecule has 0 spiro atoms. The van der Waals surface area contributed by atoms with Crippen molar-refractivity contribution >= 4 is 39.3 Å². The summed E-state index contributed by atoms with van der Waals surface area (Å²) >= 11 is 10.6. The van der Waals surface area contributed by atoms with Gasteiger partial charge in [-0.05, 0) is 39.8 Å². The van der Waals surface area contributed by atoms with Crippen molar-refractivity contribution in [3.05, 3.63) is 39.8 Å². The SMILES string of the molecule is OCc1c(Cl)ncnc1Sc1ncccc1Br. The van der Waals surface area contributed by atoms with E-state index in [2.05, 4.69) is 30.9 Å². The lowest BCUT2D eigenvalue weighted by atomic mass is 10.4. The number of rotatable bonds is 3. The van der Waals surface area contributed by atoms with Crippen molar-refractivity contribution in [3.63, 3.8) is 0 Å². The number of hydrogen-bond acceptors (Lipinski definition) is 5. The second-order valence-corrected chi connectivity index (χ2v) is 5.19. The predicted octanol–water partition coefficient (Wildman–Crippen LogP) is 2.93. The van der Waals surface area contributed by atoms with E-state index in [0.29, 0.717) is 10.6 Å². The minimum absolute atomic E-state index is 0.202. The van der Waals surface area contributed by atoms with Crippen LogP contribution in [0, 0.1) is 0 Å². The maximum absolute atomic E-state index is 9.24. The molecule has 0 atom stereocenters. The third kappa shape index (κ3) is 2.95. The number of aliphatic hydroxyl groups excluding tert-OH is 1. The molecule has 88 valence electrons. The van der Waals surface area contributed by atoms with E-state index < -0.39 is 0 Å². The molecule has 0 radical (unpaired) electrons. The standard InChI is InChI=1S/C10H7BrClN3OS/c11-7-2-1-3-13-10(7)17-9-6(4-16)8(12)14-5-15-9/h1-3,5,16H,4H2. The summed E-state index contributed by atoms with van der Waals surface area (Å²) in [5, 5.41) is 10.9. The third-order valence-electron chi connectivity index (χ3n) is 1.93. The van der Waals surface area contributed by atoms with E-state index >= 15 is 0 Å². The van der Waals surface area contributed by atoms with Gasteiger partial charge in [0.15, 0.2) is 0 Å². The normalized spacial score (nSPS) is 10.5. The van der Waals surface area contributed by atoms with Crippen LogP contribution in [-0.4, -0.2) is 20.1 Å². The minimum atomic E-state index is -0.202. The van der Waals surface area contributed by atoms with Gasteiger partial charge in [-0.25, -0.2) is 15.0 Å². The monoisotopic (exact) mass is 331 g/mol. The highest BCUT2D eigenvalue weighted by Gasteiger charge is 2.12. The Labute approximate surface area is 116 Å². The van der Waals surface area contributed by atoms with Crippen molar-refractivity contribution < 1.29 is 5.11 Å². The Hall–Kier alpha value is -0.690. The summed E-state index contributed by atoms with van der Waals surface area (Å²) in [5.74, 6) is 0. The Morgan fingerprint density at radius 1 is 1.29 bits per heavy atom. The van der Waals surface area contributed by atoms with Crippen molar-refractivity contribution in [1.29, 1.82) is 0 Å². The van der Waals surface area contributed by atoms with Crippen LogP contribution >= 0.6 is 39.3 Å². The Morgan fingerprint density at radius 2 is 2.12 bits per heavy atom. The summed E-state index contributed by atoms with van der Waals surface area (Å²) in [6, 6.07) is 3.71. The molecule has 2 aromatic rings. The third-order valence-corrected chi connectivity index (χ3v) is 4.22. The molecule has 0 amide bonds. The van der Waals surface area contributed by atoms with E-state index in [4.69, 9.17) is 11.6 Å². The van der Waals surface area contributed by atoms with Crippen LogP contribution in [0.1, 0.15) is 5.56 Å². The molecule has 4 nitrogen and oxygen atoms in total. The number of hydrogen-bond donors (Lipinski definition) is 1. The van der Waals surface area contributed by atoms with Crippen LogP contribution in [-0.2, 0) is 6.61 Å². The number of halogens is 2. The van der Waals surface area contributed by atoms with E-state index in [0.717, 1.165) is 9.50 Å². The highest BCUT2D eigenvalue weighted by Crippen LogP contribution is 2.33. The molecule has 0 aliphatic heterocycles. The first-order valence-corrected chi connectivity index (χ1v) is 6.59. The van der Waals surface area contributed by atoms with Crippen molar-refractivity contribution in [1.82, 2.24) is 15.0 Å². The average molecular weight is 333 g/mol. The lowest BCUT2D eigenvalue weighted by Gasteiger charge is -2.06. The summed E-state index contributed by atoms with van der Waals surface area (Å²) in [6.45, 7) is -0.202. The molecule has 2 rings (SSSR count). The van der Waals surface area contributed by atoms with E-state index in [-0.39, 0.29) is 11.8 Å². The van der Waals surface area contributed by atoms with E-state index in [1.165, 1.54) is 18.1 Å². The molecule has 1 N–H and O–H groups in total. The first-order valence-electron chi connectivity index (χ1n) is 4.61. The second kappa shape index (κ2) is 5.77. The topological polar surface area (TPSA) is 58.9 Å². The van der Waals surface area contributed by atoms with Gasteiger partial charge in [-0.3, -0.25) is 0 Å². The van der Waals surface area contributed by atoms with Gasteiger partial charge >= 0.3 is 0 Å². The molecule has 0 aliphatic carbocycles. The molecule has 0 aliphatic rings. The van der Waals surface area contributed by atoms with Gasteiger partial charge in [0.25, 0.3) is 0 Å². The smallest absolute Gasteiger partial charge is 0.139 e. The minimum Gasteiger partial charge on any atom is -0.391 e. The van der Waals surface area contributed by atoms with E-state index in [9.17, 15) is 5.11 Å². The van der Waals surface area contributed by atoms with Gasteiger partial charge in [0.1, 0.15) is 21.5 Å². The molecule has 0 saturated heterocycles. The zero-order valence-corrected chi connectivity index (χ0v) is 11.6. The molecule has 17 heavy (non-hydrogen) atoms. The molecule has 0 unspecified atom stereocenters. The molecular weight excluding hydrogens is 326 g/mol. The largest absolute Gasteiger partial charge is 0.391 e. The van der Waals surface area contributed by atoms with Crippen molar-refractivity contribution in [2.24, 2.45) is 0 Å². The molecule has 0 saturated carbocycles. The zero-order chi connectivity index (χ0) is 12.3. The molecule has 0 fully saturated rings. The quantitative estimate of drug-likeness (QED) is 0.876. The Morgan fingerprint density at radius 3 is 2.82 bits per heavy atom. The Kier molecular flexibility index (Phi) is 4.33. The summed E-state index contributed by atoms with van der Waals surface area (Å²) in [4.78, 5) is 12.1. The van der Waals surface area contributed by atoms with Crippen molar-refractivity contribution in [3.8, 4) is 0 Å². The summed E-state index contributed by atoms with van der Waals surface area (Å²) in [7, 11) is 0. The Balaban J connectivity index is 2.37. The average Bonchev–Trinajstić information content (AvgIpc) is 2.32. The van der Waals surface area contributed by atoms with Crippen LogP contribution in [0.3, 0.4) is 0 Å². The maximum atomic E-state index is 9.24. The van der Waals surface area contributed by atoms with Gasteiger partial charge in [0.05, 0.1) is 11.1 Å². The fourth-order valence-corrected chi connectivity index (χ4v) is 2.73. The first kappa shape index (κ1) is 12.8. The summed E-state index contributed by atoms with van der Waals surface area (Å²) in [6.07, 6.45) is 3.05. The maximum Gasteiger partial charge on any atom is 0.139 e. The Bertz CT molecular complexity index is 541. The van der Waals surface area contributed by atoms with Crippen LogP contribution in [0.2, 0.25) is 5.15 Å². The molecule has 7 heteroatoms. The van der Waals surface area contributed by atoms with Crippen molar-refractivity contribution in [2.75, 3.05) is 0 Å². The fraction of sp³-hybridized carbons (Fsp3) is 0.100. The van der Waals surface area contributed by atoms with Crippen molar-refractivity contribution in [2.45, 2.75) is 16.7 Å². The first-order chi connectivity index (χ1) is 8.22. The summed E-state index contributed by atoms with van der Waals surface area (Å²) in [5.41, 5.74) is 0.511. The zero-order valence-electron chi connectivity index (χ0n) is 8.47. The number of nitrogens with zero attached hydrogens (tertiary/aromatic N) is 3. The molecule has 2 aromatic heterocycles. The molecular formula is C10H7BrClN3OS.